The van der Waals surface area contributed by atoms with Crippen molar-refractivity contribution >= 4 is 0 Å². The summed E-state index contributed by atoms with van der Waals surface area (Å²) < 4.78 is 5.31. The second kappa shape index (κ2) is 3.52. The fourth-order valence-electron chi connectivity index (χ4n) is 1.40. The normalized spacial score (nSPS) is 39.5. The summed E-state index contributed by atoms with van der Waals surface area (Å²) in [5, 5.41) is 18.7. The van der Waals surface area contributed by atoms with Crippen LogP contribution in [0.5, 0.6) is 0 Å². The molecule has 0 aromatic carbocycles. The summed E-state index contributed by atoms with van der Waals surface area (Å²) in [6.45, 7) is 4.51. The van der Waals surface area contributed by atoms with Crippen molar-refractivity contribution in [2.45, 2.75) is 38.6 Å². The van der Waals surface area contributed by atoms with Gasteiger partial charge in [0, 0.05) is 6.61 Å². The third-order valence-electron chi connectivity index (χ3n) is 2.11. The Morgan fingerprint density at radius 2 is 2.00 bits per heavy atom. The van der Waals surface area contributed by atoms with Crippen LogP contribution in [0, 0.1) is 5.92 Å². The first-order valence-electron chi connectivity index (χ1n) is 4.10. The first-order chi connectivity index (χ1) is 5.13. The van der Waals surface area contributed by atoms with Crippen molar-refractivity contribution < 1.29 is 14.9 Å². The number of hydrogen-bond donors (Lipinski definition) is 2. The second-order valence-electron chi connectivity index (χ2n) is 3.43. The molecule has 0 aliphatic carbocycles. The van der Waals surface area contributed by atoms with Crippen LogP contribution in [0.2, 0.25) is 0 Å². The zero-order chi connectivity index (χ0) is 8.43. The van der Waals surface area contributed by atoms with Gasteiger partial charge < -0.3 is 14.9 Å². The highest BCUT2D eigenvalue weighted by molar-refractivity contribution is 4.82. The Morgan fingerprint density at radius 1 is 1.36 bits per heavy atom. The molecular weight excluding hydrogens is 144 g/mol. The smallest absolute Gasteiger partial charge is 0.106 e. The standard InChI is InChI=1S/C8H16O3/c1-5(2)8-7(10)6(9)3-4-11-8/h5-10H,3-4H2,1-2H3/t6?,7?,8-/m0/s1. The van der Waals surface area contributed by atoms with Crippen molar-refractivity contribution in [3.05, 3.63) is 0 Å². The highest BCUT2D eigenvalue weighted by atomic mass is 16.5. The molecule has 1 rings (SSSR count). The fraction of sp³-hybridized carbons (Fsp3) is 1.00. The largest absolute Gasteiger partial charge is 0.390 e. The molecular formula is C8H16O3. The minimum Gasteiger partial charge on any atom is -0.390 e. The van der Waals surface area contributed by atoms with Crippen molar-refractivity contribution in [3.63, 3.8) is 0 Å². The molecule has 0 spiro atoms. The van der Waals surface area contributed by atoms with E-state index in [1.54, 1.807) is 0 Å². The Labute approximate surface area is 67.0 Å². The average Bonchev–Trinajstić information content (AvgIpc) is 1.94. The monoisotopic (exact) mass is 160 g/mol. The van der Waals surface area contributed by atoms with E-state index in [1.165, 1.54) is 0 Å². The van der Waals surface area contributed by atoms with Gasteiger partial charge in [0.2, 0.25) is 0 Å². The van der Waals surface area contributed by atoms with Crippen LogP contribution in [0.4, 0.5) is 0 Å². The van der Waals surface area contributed by atoms with Crippen LogP contribution in [0.1, 0.15) is 20.3 Å². The van der Waals surface area contributed by atoms with Gasteiger partial charge in [0.05, 0.1) is 12.2 Å². The van der Waals surface area contributed by atoms with Crippen LogP contribution in [0.3, 0.4) is 0 Å². The molecule has 11 heavy (non-hydrogen) atoms. The summed E-state index contributed by atoms with van der Waals surface area (Å²) in [5.74, 6) is 0.264. The quantitative estimate of drug-likeness (QED) is 0.574. The number of aliphatic hydroxyl groups excluding tert-OH is 2. The van der Waals surface area contributed by atoms with E-state index in [4.69, 9.17) is 4.74 Å². The highest BCUT2D eigenvalue weighted by Crippen LogP contribution is 2.20. The molecule has 1 aliphatic heterocycles. The van der Waals surface area contributed by atoms with Gasteiger partial charge in [-0.2, -0.15) is 0 Å². The van der Waals surface area contributed by atoms with Gasteiger partial charge in [-0.1, -0.05) is 13.8 Å². The molecule has 0 aromatic heterocycles. The molecule has 1 aliphatic rings. The number of aliphatic hydroxyl groups is 2. The molecule has 0 bridgehead atoms. The Bertz CT molecular complexity index is 125. The van der Waals surface area contributed by atoms with Crippen molar-refractivity contribution in [1.82, 2.24) is 0 Å². The molecule has 2 unspecified atom stereocenters. The first kappa shape index (κ1) is 8.97. The zero-order valence-corrected chi connectivity index (χ0v) is 7.03. The van der Waals surface area contributed by atoms with Crippen molar-refractivity contribution in [3.8, 4) is 0 Å². The average molecular weight is 160 g/mol. The summed E-state index contributed by atoms with van der Waals surface area (Å²) >= 11 is 0. The fourth-order valence-corrected chi connectivity index (χ4v) is 1.40. The molecule has 1 heterocycles. The van der Waals surface area contributed by atoms with Gasteiger partial charge in [0.25, 0.3) is 0 Å². The van der Waals surface area contributed by atoms with Crippen LogP contribution < -0.4 is 0 Å². The summed E-state index contributed by atoms with van der Waals surface area (Å²) in [5.41, 5.74) is 0. The lowest BCUT2D eigenvalue weighted by Crippen LogP contribution is -2.46. The number of hydrogen-bond acceptors (Lipinski definition) is 3. The molecule has 1 saturated heterocycles. The molecule has 0 radical (unpaired) electrons. The lowest BCUT2D eigenvalue weighted by Gasteiger charge is -2.34. The maximum atomic E-state index is 9.43. The summed E-state index contributed by atoms with van der Waals surface area (Å²) in [6, 6.07) is 0. The van der Waals surface area contributed by atoms with Crippen LogP contribution >= 0.6 is 0 Å². The Kier molecular flexibility index (Phi) is 2.87. The third kappa shape index (κ3) is 1.92. The van der Waals surface area contributed by atoms with Gasteiger partial charge in [-0.3, -0.25) is 0 Å². The van der Waals surface area contributed by atoms with Gasteiger partial charge >= 0.3 is 0 Å². The lowest BCUT2D eigenvalue weighted by atomic mass is 9.94. The van der Waals surface area contributed by atoms with Crippen molar-refractivity contribution in [2.75, 3.05) is 6.61 Å². The van der Waals surface area contributed by atoms with E-state index in [-0.39, 0.29) is 12.0 Å². The Balaban J connectivity index is 2.51. The van der Waals surface area contributed by atoms with E-state index in [1.807, 2.05) is 13.8 Å². The van der Waals surface area contributed by atoms with Crippen molar-refractivity contribution in [2.24, 2.45) is 5.92 Å². The van der Waals surface area contributed by atoms with Gasteiger partial charge in [-0.15, -0.1) is 0 Å². The Morgan fingerprint density at radius 3 is 2.45 bits per heavy atom. The predicted octanol–water partition coefficient (Wildman–Crippen LogP) is 0.153. The van der Waals surface area contributed by atoms with Gasteiger partial charge in [-0.25, -0.2) is 0 Å². The second-order valence-corrected chi connectivity index (χ2v) is 3.43. The minimum atomic E-state index is -0.705. The molecule has 1 fully saturated rings. The molecule has 3 heteroatoms. The predicted molar refractivity (Wildman–Crippen MR) is 41.2 cm³/mol. The first-order valence-corrected chi connectivity index (χ1v) is 4.10. The highest BCUT2D eigenvalue weighted by Gasteiger charge is 2.32. The van der Waals surface area contributed by atoms with Crippen LogP contribution in [-0.2, 0) is 4.74 Å². The number of ether oxygens (including phenoxy) is 1. The van der Waals surface area contributed by atoms with Crippen LogP contribution in [0.25, 0.3) is 0 Å². The SMILES string of the molecule is CC(C)[C@@H]1OCCC(O)C1O. The van der Waals surface area contributed by atoms with E-state index in [9.17, 15) is 10.2 Å². The zero-order valence-electron chi connectivity index (χ0n) is 7.03. The van der Waals surface area contributed by atoms with E-state index in [2.05, 4.69) is 0 Å². The molecule has 3 atom stereocenters. The molecule has 3 nitrogen and oxygen atoms in total. The summed E-state index contributed by atoms with van der Waals surface area (Å²) in [6.07, 6.45) is -0.955. The minimum absolute atomic E-state index is 0.196. The molecule has 0 amide bonds. The van der Waals surface area contributed by atoms with Crippen molar-refractivity contribution in [1.29, 1.82) is 0 Å². The number of rotatable bonds is 1. The molecule has 0 aromatic rings. The maximum Gasteiger partial charge on any atom is 0.106 e. The summed E-state index contributed by atoms with van der Waals surface area (Å²) in [7, 11) is 0. The maximum absolute atomic E-state index is 9.43. The lowest BCUT2D eigenvalue weighted by molar-refractivity contribution is -0.149. The van der Waals surface area contributed by atoms with E-state index >= 15 is 0 Å². The Hall–Kier alpha value is -0.120. The van der Waals surface area contributed by atoms with E-state index in [0.29, 0.717) is 13.0 Å². The molecule has 2 N–H and O–H groups in total. The third-order valence-corrected chi connectivity index (χ3v) is 2.11. The molecule has 0 saturated carbocycles. The van der Waals surface area contributed by atoms with Gasteiger partial charge in [-0.05, 0) is 12.3 Å². The van der Waals surface area contributed by atoms with E-state index in [0.717, 1.165) is 0 Å². The molecule has 66 valence electrons. The van der Waals surface area contributed by atoms with Crippen LogP contribution in [0.15, 0.2) is 0 Å². The topological polar surface area (TPSA) is 49.7 Å². The van der Waals surface area contributed by atoms with Gasteiger partial charge in [0.15, 0.2) is 0 Å². The van der Waals surface area contributed by atoms with Crippen LogP contribution in [-0.4, -0.2) is 35.1 Å². The summed E-state index contributed by atoms with van der Waals surface area (Å²) in [4.78, 5) is 0. The van der Waals surface area contributed by atoms with E-state index < -0.39 is 12.2 Å². The van der Waals surface area contributed by atoms with Gasteiger partial charge in [0.1, 0.15) is 6.10 Å².